The van der Waals surface area contributed by atoms with E-state index in [9.17, 15) is 17.6 Å². The number of hydrogen-bond donors (Lipinski definition) is 0. The van der Waals surface area contributed by atoms with Crippen LogP contribution in [0.4, 0.5) is 4.39 Å². The average molecular weight is 367 g/mol. The van der Waals surface area contributed by atoms with E-state index in [-0.39, 0.29) is 27.7 Å². The van der Waals surface area contributed by atoms with Crippen LogP contribution in [0.2, 0.25) is 5.02 Å². The van der Waals surface area contributed by atoms with E-state index in [4.69, 9.17) is 16.3 Å². The SMILES string of the molecule is CS(=O)(=O)c1ccc(C2=C(c3c(F)cccc3Cl)C(=O)OC2)cc1. The molecule has 0 aromatic heterocycles. The summed E-state index contributed by atoms with van der Waals surface area (Å²) >= 11 is 6.05. The van der Waals surface area contributed by atoms with Gasteiger partial charge in [0.1, 0.15) is 12.4 Å². The standard InChI is InChI=1S/C17H12ClFO4S/c1-24(21,22)11-7-5-10(6-8-11)12-9-23-17(20)15(12)16-13(18)3-2-4-14(16)19/h2-8H,9H2,1H3. The van der Waals surface area contributed by atoms with E-state index in [0.717, 1.165) is 6.26 Å². The van der Waals surface area contributed by atoms with Crippen LogP contribution in [0.3, 0.4) is 0 Å². The highest BCUT2D eigenvalue weighted by atomic mass is 35.5. The van der Waals surface area contributed by atoms with Crippen LogP contribution in [0, 0.1) is 5.82 Å². The number of carbonyl (C=O) groups is 1. The van der Waals surface area contributed by atoms with E-state index >= 15 is 0 Å². The molecule has 7 heteroatoms. The van der Waals surface area contributed by atoms with Crippen LogP contribution in [-0.4, -0.2) is 27.2 Å². The lowest BCUT2D eigenvalue weighted by atomic mass is 9.96. The van der Waals surface area contributed by atoms with Crippen molar-refractivity contribution in [2.24, 2.45) is 0 Å². The van der Waals surface area contributed by atoms with Crippen LogP contribution in [0.25, 0.3) is 11.1 Å². The summed E-state index contributed by atoms with van der Waals surface area (Å²) in [7, 11) is -3.33. The first-order valence-electron chi connectivity index (χ1n) is 6.94. The Hall–Kier alpha value is -2.18. The van der Waals surface area contributed by atoms with Gasteiger partial charge in [0, 0.05) is 17.4 Å². The van der Waals surface area contributed by atoms with E-state index in [0.29, 0.717) is 11.1 Å². The summed E-state index contributed by atoms with van der Waals surface area (Å²) in [6.45, 7) is -0.0307. The van der Waals surface area contributed by atoms with Crippen LogP contribution in [0.5, 0.6) is 0 Å². The second kappa shape index (κ2) is 6.03. The molecule has 0 amide bonds. The van der Waals surface area contributed by atoms with Crippen LogP contribution in [0.1, 0.15) is 11.1 Å². The van der Waals surface area contributed by atoms with Gasteiger partial charge in [-0.25, -0.2) is 17.6 Å². The molecular formula is C17H12ClFO4S. The minimum absolute atomic E-state index is 0.0103. The summed E-state index contributed by atoms with van der Waals surface area (Å²) in [5, 5.41) is 0.106. The van der Waals surface area contributed by atoms with Crippen molar-refractivity contribution in [3.05, 3.63) is 64.4 Å². The van der Waals surface area contributed by atoms with E-state index in [1.54, 1.807) is 12.1 Å². The van der Waals surface area contributed by atoms with Gasteiger partial charge in [-0.3, -0.25) is 0 Å². The number of benzene rings is 2. The molecule has 1 heterocycles. The molecule has 1 aliphatic heterocycles. The lowest BCUT2D eigenvalue weighted by molar-refractivity contribution is -0.133. The molecule has 2 aromatic carbocycles. The van der Waals surface area contributed by atoms with Gasteiger partial charge in [0.2, 0.25) is 0 Å². The Morgan fingerprint density at radius 2 is 1.79 bits per heavy atom. The molecule has 0 atom stereocenters. The third kappa shape index (κ3) is 2.95. The van der Waals surface area contributed by atoms with Gasteiger partial charge in [0.05, 0.1) is 15.5 Å². The molecular weight excluding hydrogens is 355 g/mol. The van der Waals surface area contributed by atoms with E-state index in [1.165, 1.54) is 30.3 Å². The van der Waals surface area contributed by atoms with Crippen molar-refractivity contribution < 1.29 is 22.3 Å². The van der Waals surface area contributed by atoms with Gasteiger partial charge in [-0.05, 0) is 29.8 Å². The maximum Gasteiger partial charge on any atom is 0.339 e. The fraction of sp³-hybridized carbons (Fsp3) is 0.118. The smallest absolute Gasteiger partial charge is 0.339 e. The van der Waals surface area contributed by atoms with Gasteiger partial charge >= 0.3 is 5.97 Å². The number of rotatable bonds is 3. The lowest BCUT2D eigenvalue weighted by Crippen LogP contribution is -2.01. The van der Waals surface area contributed by atoms with Crippen molar-refractivity contribution in [1.82, 2.24) is 0 Å². The quantitative estimate of drug-likeness (QED) is 0.781. The van der Waals surface area contributed by atoms with Gasteiger partial charge in [-0.15, -0.1) is 0 Å². The second-order valence-corrected chi connectivity index (χ2v) is 7.75. The minimum Gasteiger partial charge on any atom is -0.457 e. The predicted octanol–water partition coefficient (Wildman–Crippen LogP) is 3.35. The summed E-state index contributed by atoms with van der Waals surface area (Å²) in [6.07, 6.45) is 1.11. The molecule has 0 fully saturated rings. The highest BCUT2D eigenvalue weighted by Gasteiger charge is 2.30. The first-order valence-corrected chi connectivity index (χ1v) is 9.21. The molecule has 0 saturated carbocycles. The second-order valence-electron chi connectivity index (χ2n) is 5.32. The Kier molecular flexibility index (Phi) is 4.19. The van der Waals surface area contributed by atoms with Crippen molar-refractivity contribution in [2.75, 3.05) is 12.9 Å². The highest BCUT2D eigenvalue weighted by Crippen LogP contribution is 2.37. The molecule has 124 valence electrons. The van der Waals surface area contributed by atoms with Crippen molar-refractivity contribution in [1.29, 1.82) is 0 Å². The Morgan fingerprint density at radius 3 is 2.38 bits per heavy atom. The van der Waals surface area contributed by atoms with Gasteiger partial charge < -0.3 is 4.74 Å². The maximum absolute atomic E-state index is 14.2. The molecule has 1 aliphatic rings. The van der Waals surface area contributed by atoms with Gasteiger partial charge in [-0.2, -0.15) is 0 Å². The Morgan fingerprint density at radius 1 is 1.12 bits per heavy atom. The lowest BCUT2D eigenvalue weighted by Gasteiger charge is -2.08. The van der Waals surface area contributed by atoms with Crippen LogP contribution >= 0.6 is 11.6 Å². The van der Waals surface area contributed by atoms with Gasteiger partial charge in [-0.1, -0.05) is 29.8 Å². The first kappa shape index (κ1) is 16.7. The summed E-state index contributed by atoms with van der Waals surface area (Å²) in [5.41, 5.74) is 1.09. The number of carbonyl (C=O) groups excluding carboxylic acids is 1. The molecule has 0 aliphatic carbocycles. The largest absolute Gasteiger partial charge is 0.457 e. The van der Waals surface area contributed by atoms with Crippen LogP contribution < -0.4 is 0 Å². The zero-order chi connectivity index (χ0) is 17.5. The summed E-state index contributed by atoms with van der Waals surface area (Å²) in [5.74, 6) is -1.29. The Labute approximate surface area is 143 Å². The number of cyclic esters (lactones) is 1. The van der Waals surface area contributed by atoms with E-state index < -0.39 is 21.6 Å². The monoisotopic (exact) mass is 366 g/mol. The zero-order valence-corrected chi connectivity index (χ0v) is 14.1. The molecule has 0 spiro atoms. The third-order valence-corrected chi connectivity index (χ3v) is 5.14. The van der Waals surface area contributed by atoms with Gasteiger partial charge in [0.15, 0.2) is 9.84 Å². The summed E-state index contributed by atoms with van der Waals surface area (Å²) in [6, 6.07) is 10.1. The summed E-state index contributed by atoms with van der Waals surface area (Å²) in [4.78, 5) is 12.2. The Balaban J connectivity index is 2.17. The molecule has 0 unspecified atom stereocenters. The molecule has 3 rings (SSSR count). The molecule has 24 heavy (non-hydrogen) atoms. The van der Waals surface area contributed by atoms with Crippen molar-refractivity contribution in [3.63, 3.8) is 0 Å². The number of halogens is 2. The predicted molar refractivity (Wildman–Crippen MR) is 88.7 cm³/mol. The summed E-state index contributed by atoms with van der Waals surface area (Å²) < 4.78 is 42.3. The van der Waals surface area contributed by atoms with Gasteiger partial charge in [0.25, 0.3) is 0 Å². The number of sulfone groups is 1. The fourth-order valence-electron chi connectivity index (χ4n) is 2.53. The maximum atomic E-state index is 14.2. The highest BCUT2D eigenvalue weighted by molar-refractivity contribution is 7.90. The molecule has 0 radical (unpaired) electrons. The van der Waals surface area contributed by atoms with E-state index in [2.05, 4.69) is 0 Å². The minimum atomic E-state index is -3.33. The van der Waals surface area contributed by atoms with Crippen LogP contribution in [-0.2, 0) is 19.4 Å². The van der Waals surface area contributed by atoms with Crippen molar-refractivity contribution in [2.45, 2.75) is 4.90 Å². The molecule has 0 N–H and O–H groups in total. The molecule has 2 aromatic rings. The first-order chi connectivity index (χ1) is 11.3. The normalized spacial score (nSPS) is 14.9. The number of ether oxygens (including phenoxy) is 1. The van der Waals surface area contributed by atoms with Crippen molar-refractivity contribution in [3.8, 4) is 0 Å². The number of hydrogen-bond acceptors (Lipinski definition) is 4. The van der Waals surface area contributed by atoms with Crippen molar-refractivity contribution >= 4 is 38.6 Å². The van der Waals surface area contributed by atoms with Crippen LogP contribution in [0.15, 0.2) is 47.4 Å². The molecule has 0 saturated heterocycles. The fourth-order valence-corrected chi connectivity index (χ4v) is 3.41. The topological polar surface area (TPSA) is 60.4 Å². The number of esters is 1. The average Bonchev–Trinajstić information content (AvgIpc) is 2.88. The molecule has 4 nitrogen and oxygen atoms in total. The zero-order valence-electron chi connectivity index (χ0n) is 12.5. The Bertz CT molecular complexity index is 942. The molecule has 0 bridgehead atoms. The van der Waals surface area contributed by atoms with E-state index in [1.807, 2.05) is 0 Å². The third-order valence-electron chi connectivity index (χ3n) is 3.70.